The number of piperidine rings is 1. The molecule has 1 spiro atoms. The molecular formula is C31H41N5O4. The summed E-state index contributed by atoms with van der Waals surface area (Å²) < 4.78 is 5.40. The van der Waals surface area contributed by atoms with Crippen LogP contribution in [0.4, 0.5) is 10.5 Å². The number of carbonyl (C=O) groups is 3. The van der Waals surface area contributed by atoms with E-state index in [4.69, 9.17) is 4.74 Å². The molecule has 2 aromatic carbocycles. The molecule has 0 atom stereocenters. The van der Waals surface area contributed by atoms with E-state index in [9.17, 15) is 14.4 Å². The van der Waals surface area contributed by atoms with Gasteiger partial charge in [0.1, 0.15) is 17.8 Å². The number of para-hydroxylation sites is 2. The number of anilines is 1. The number of amides is 4. The van der Waals surface area contributed by atoms with Crippen molar-refractivity contribution >= 4 is 23.5 Å². The number of methoxy groups -OCH3 is 1. The van der Waals surface area contributed by atoms with Crippen LogP contribution in [0.15, 0.2) is 54.6 Å². The van der Waals surface area contributed by atoms with E-state index in [0.717, 1.165) is 29.8 Å². The Balaban J connectivity index is 1.21. The van der Waals surface area contributed by atoms with Crippen molar-refractivity contribution in [2.24, 2.45) is 0 Å². The number of rotatable bonds is 8. The van der Waals surface area contributed by atoms with Crippen LogP contribution in [-0.2, 0) is 16.0 Å². The Hall–Kier alpha value is -3.75. The van der Waals surface area contributed by atoms with E-state index in [1.807, 2.05) is 59.5 Å². The fraction of sp³-hybridized carbons (Fsp3) is 0.516. The van der Waals surface area contributed by atoms with Crippen LogP contribution in [0.25, 0.3) is 0 Å². The summed E-state index contributed by atoms with van der Waals surface area (Å²) in [6.07, 6.45) is 7.36. The summed E-state index contributed by atoms with van der Waals surface area (Å²) in [6.45, 7) is 1.82. The average Bonchev–Trinajstić information content (AvgIpc) is 3.24. The number of benzene rings is 2. The van der Waals surface area contributed by atoms with Crippen LogP contribution in [0.3, 0.4) is 0 Å². The molecule has 0 bridgehead atoms. The fourth-order valence-electron chi connectivity index (χ4n) is 6.39. The Bertz CT molecular complexity index is 1180. The van der Waals surface area contributed by atoms with Gasteiger partial charge in [0.25, 0.3) is 5.91 Å². The summed E-state index contributed by atoms with van der Waals surface area (Å²) in [5.74, 6) is 0.576. The van der Waals surface area contributed by atoms with Crippen molar-refractivity contribution in [3.8, 4) is 5.75 Å². The normalized spacial score (nSPS) is 19.1. The Morgan fingerprint density at radius 1 is 0.975 bits per heavy atom. The third-order valence-electron chi connectivity index (χ3n) is 8.64. The number of ether oxygens (including phenoxy) is 1. The molecule has 3 aliphatic rings. The van der Waals surface area contributed by atoms with Crippen molar-refractivity contribution in [2.75, 3.05) is 44.9 Å². The molecule has 2 heterocycles. The van der Waals surface area contributed by atoms with Crippen molar-refractivity contribution in [1.29, 1.82) is 0 Å². The predicted molar refractivity (Wildman–Crippen MR) is 154 cm³/mol. The monoisotopic (exact) mass is 547 g/mol. The van der Waals surface area contributed by atoms with Gasteiger partial charge in [0.05, 0.1) is 13.8 Å². The van der Waals surface area contributed by atoms with E-state index in [0.29, 0.717) is 45.6 Å². The summed E-state index contributed by atoms with van der Waals surface area (Å²) in [4.78, 5) is 45.5. The fourth-order valence-corrected chi connectivity index (χ4v) is 6.39. The van der Waals surface area contributed by atoms with Crippen molar-refractivity contribution in [3.63, 3.8) is 0 Å². The highest BCUT2D eigenvalue weighted by atomic mass is 16.5. The molecule has 40 heavy (non-hydrogen) atoms. The molecule has 5 rings (SSSR count). The SMILES string of the molecule is COc1ccccc1CCNC(=O)CN1CN(c2ccccc2)C2(CCN(C(=O)NC3CCCCC3)CC2)C1=O. The number of hydrogen-bond donors (Lipinski definition) is 2. The molecule has 2 aromatic rings. The second-order valence-electron chi connectivity index (χ2n) is 11.1. The maximum absolute atomic E-state index is 13.9. The van der Waals surface area contributed by atoms with Gasteiger partial charge in [-0.25, -0.2) is 4.79 Å². The zero-order valence-corrected chi connectivity index (χ0v) is 23.4. The zero-order chi connectivity index (χ0) is 28.0. The van der Waals surface area contributed by atoms with Gasteiger partial charge in [-0.2, -0.15) is 0 Å². The second-order valence-corrected chi connectivity index (χ2v) is 11.1. The molecular weight excluding hydrogens is 506 g/mol. The smallest absolute Gasteiger partial charge is 0.317 e. The average molecular weight is 548 g/mol. The Morgan fingerprint density at radius 2 is 1.68 bits per heavy atom. The van der Waals surface area contributed by atoms with Gasteiger partial charge in [0.15, 0.2) is 0 Å². The van der Waals surface area contributed by atoms with E-state index in [2.05, 4.69) is 15.5 Å². The lowest BCUT2D eigenvalue weighted by Gasteiger charge is -2.43. The molecule has 2 N–H and O–H groups in total. The quantitative estimate of drug-likeness (QED) is 0.527. The molecule has 0 unspecified atom stereocenters. The third-order valence-corrected chi connectivity index (χ3v) is 8.64. The summed E-state index contributed by atoms with van der Waals surface area (Å²) >= 11 is 0. The summed E-state index contributed by atoms with van der Waals surface area (Å²) in [6, 6.07) is 17.9. The first-order valence-corrected chi connectivity index (χ1v) is 14.6. The number of nitrogens with one attached hydrogen (secondary N) is 2. The minimum atomic E-state index is -0.763. The molecule has 9 heteroatoms. The maximum Gasteiger partial charge on any atom is 0.317 e. The minimum Gasteiger partial charge on any atom is -0.496 e. The van der Waals surface area contributed by atoms with Crippen LogP contribution in [0.1, 0.15) is 50.5 Å². The number of nitrogens with zero attached hydrogens (tertiary/aromatic N) is 3. The minimum absolute atomic E-state index is 0.00171. The number of likely N-dealkylation sites (tertiary alicyclic amines) is 1. The number of hydrogen-bond acceptors (Lipinski definition) is 5. The highest BCUT2D eigenvalue weighted by molar-refractivity contribution is 5.96. The van der Waals surface area contributed by atoms with Crippen LogP contribution in [0, 0.1) is 0 Å². The van der Waals surface area contributed by atoms with Gasteiger partial charge in [0, 0.05) is 31.4 Å². The molecule has 0 aromatic heterocycles. The van der Waals surface area contributed by atoms with E-state index in [1.165, 1.54) is 19.3 Å². The maximum atomic E-state index is 13.9. The van der Waals surface area contributed by atoms with E-state index < -0.39 is 5.54 Å². The summed E-state index contributed by atoms with van der Waals surface area (Å²) in [7, 11) is 1.64. The van der Waals surface area contributed by atoms with Crippen LogP contribution >= 0.6 is 0 Å². The largest absolute Gasteiger partial charge is 0.496 e. The molecule has 1 saturated carbocycles. The molecule has 2 saturated heterocycles. The van der Waals surface area contributed by atoms with Gasteiger partial charge >= 0.3 is 6.03 Å². The third kappa shape index (κ3) is 6.03. The van der Waals surface area contributed by atoms with Crippen molar-refractivity contribution in [3.05, 3.63) is 60.2 Å². The van der Waals surface area contributed by atoms with Gasteiger partial charge in [-0.05, 0) is 55.9 Å². The molecule has 3 fully saturated rings. The highest BCUT2D eigenvalue weighted by Crippen LogP contribution is 2.39. The zero-order valence-electron chi connectivity index (χ0n) is 23.4. The van der Waals surface area contributed by atoms with Crippen LogP contribution in [0.2, 0.25) is 0 Å². The van der Waals surface area contributed by atoms with E-state index in [-0.39, 0.29) is 30.4 Å². The molecule has 9 nitrogen and oxygen atoms in total. The lowest BCUT2D eigenvalue weighted by atomic mass is 9.85. The van der Waals surface area contributed by atoms with Gasteiger partial charge in [0.2, 0.25) is 5.91 Å². The van der Waals surface area contributed by atoms with Crippen molar-refractivity contribution in [2.45, 2.75) is 62.9 Å². The topological polar surface area (TPSA) is 94.2 Å². The highest BCUT2D eigenvalue weighted by Gasteiger charge is 2.54. The first-order chi connectivity index (χ1) is 19.5. The van der Waals surface area contributed by atoms with Gasteiger partial charge in [-0.3, -0.25) is 9.59 Å². The molecule has 214 valence electrons. The van der Waals surface area contributed by atoms with Crippen molar-refractivity contribution in [1.82, 2.24) is 20.4 Å². The first kappa shape index (κ1) is 27.8. The molecule has 1 aliphatic carbocycles. The van der Waals surface area contributed by atoms with Crippen LogP contribution in [0.5, 0.6) is 5.75 Å². The molecule has 4 amide bonds. The first-order valence-electron chi connectivity index (χ1n) is 14.6. The Kier molecular flexibility index (Phi) is 8.77. The van der Waals surface area contributed by atoms with Gasteiger partial charge in [-0.15, -0.1) is 0 Å². The summed E-state index contributed by atoms with van der Waals surface area (Å²) in [5.41, 5.74) is 1.21. The van der Waals surface area contributed by atoms with E-state index >= 15 is 0 Å². The number of urea groups is 1. The summed E-state index contributed by atoms with van der Waals surface area (Å²) in [5, 5.41) is 6.18. The van der Waals surface area contributed by atoms with Crippen LogP contribution < -0.4 is 20.3 Å². The molecule has 2 aliphatic heterocycles. The van der Waals surface area contributed by atoms with Gasteiger partial charge < -0.3 is 30.1 Å². The van der Waals surface area contributed by atoms with Crippen molar-refractivity contribution < 1.29 is 19.1 Å². The second kappa shape index (κ2) is 12.6. The standard InChI is InChI=1S/C31H41N5O4/c1-40-27-15-9-8-10-24(27)16-19-32-28(37)22-35-23-36(26-13-6-3-7-14-26)31(29(35)38)17-20-34(21-18-31)30(39)33-25-11-4-2-5-12-25/h3,6-10,13-15,25H,2,4-5,11-12,16-23H2,1H3,(H,32,37)(H,33,39). The van der Waals surface area contributed by atoms with Gasteiger partial charge in [-0.1, -0.05) is 55.7 Å². The Labute approximate surface area is 236 Å². The Morgan fingerprint density at radius 3 is 2.40 bits per heavy atom. The molecule has 0 radical (unpaired) electrons. The lowest BCUT2D eigenvalue weighted by molar-refractivity contribution is -0.137. The lowest BCUT2D eigenvalue weighted by Crippen LogP contribution is -2.59. The van der Waals surface area contributed by atoms with E-state index in [1.54, 1.807) is 12.0 Å². The van der Waals surface area contributed by atoms with Crippen LogP contribution in [-0.4, -0.2) is 79.2 Å². The predicted octanol–water partition coefficient (Wildman–Crippen LogP) is 3.54. The number of carbonyl (C=O) groups excluding carboxylic acids is 3.